The molecule has 0 spiro atoms. The summed E-state index contributed by atoms with van der Waals surface area (Å²) in [4.78, 5) is 42.6. The maximum Gasteiger partial charge on any atom is 0.305 e. The molecule has 35 heavy (non-hydrogen) atoms. The highest BCUT2D eigenvalue weighted by Gasteiger charge is 2.51. The summed E-state index contributed by atoms with van der Waals surface area (Å²) in [6, 6.07) is 15.2. The Bertz CT molecular complexity index is 1230. The normalized spacial score (nSPS) is 17.2. The Morgan fingerprint density at radius 2 is 1.89 bits per heavy atom. The minimum absolute atomic E-state index is 0.115. The number of benzene rings is 2. The van der Waals surface area contributed by atoms with Crippen molar-refractivity contribution in [2.75, 3.05) is 19.7 Å². The fraction of sp³-hybridized carbons (Fsp3) is 0.370. The Kier molecular flexibility index (Phi) is 7.77. The van der Waals surface area contributed by atoms with Crippen LogP contribution >= 0.6 is 22.9 Å². The third kappa shape index (κ3) is 5.36. The molecule has 0 N–H and O–H groups in total. The zero-order chi connectivity index (χ0) is 25.0. The van der Waals surface area contributed by atoms with Crippen LogP contribution in [-0.2, 0) is 20.9 Å². The number of carbonyl (C=O) groups is 3. The molecule has 3 aromatic rings. The summed E-state index contributed by atoms with van der Waals surface area (Å²) >= 11 is 7.56. The summed E-state index contributed by atoms with van der Waals surface area (Å²) < 4.78 is 6.08. The standard InChI is InChI=1S/C27H29ClN2O4S/c1-3-34-24(31)9-6-15-29(17-19-10-12-20(28)13-11-19)26(33)27(2)14-16-30(27)25(32)22-18-35-23-8-5-4-7-21(22)23/h4-5,7-8,10-13,18H,3,6,9,14-17H2,1-2H3. The molecule has 1 unspecified atom stereocenters. The van der Waals surface area contributed by atoms with Gasteiger partial charge in [0.05, 0.1) is 12.2 Å². The van der Waals surface area contributed by atoms with Crippen molar-refractivity contribution in [3.8, 4) is 0 Å². The van der Waals surface area contributed by atoms with E-state index in [0.717, 1.165) is 15.6 Å². The number of thiophene rings is 1. The lowest BCUT2D eigenvalue weighted by Gasteiger charge is -2.51. The van der Waals surface area contributed by atoms with Crippen LogP contribution in [-0.4, -0.2) is 52.8 Å². The lowest BCUT2D eigenvalue weighted by molar-refractivity contribution is -0.150. The average molecular weight is 513 g/mol. The van der Waals surface area contributed by atoms with E-state index >= 15 is 0 Å². The zero-order valence-corrected chi connectivity index (χ0v) is 21.5. The van der Waals surface area contributed by atoms with Gasteiger partial charge in [0, 0.05) is 46.5 Å². The van der Waals surface area contributed by atoms with Crippen LogP contribution in [0.4, 0.5) is 0 Å². The van der Waals surface area contributed by atoms with Crippen LogP contribution in [0.2, 0.25) is 5.02 Å². The molecule has 0 aliphatic carbocycles. The van der Waals surface area contributed by atoms with Crippen molar-refractivity contribution in [2.24, 2.45) is 0 Å². The second kappa shape index (κ2) is 10.8. The Morgan fingerprint density at radius 3 is 2.57 bits per heavy atom. The van der Waals surface area contributed by atoms with Crippen molar-refractivity contribution in [3.05, 3.63) is 70.1 Å². The van der Waals surface area contributed by atoms with Crippen LogP contribution in [0.15, 0.2) is 53.9 Å². The molecule has 6 nitrogen and oxygen atoms in total. The van der Waals surface area contributed by atoms with E-state index in [-0.39, 0.29) is 24.2 Å². The quantitative estimate of drug-likeness (QED) is 0.353. The molecule has 2 aromatic carbocycles. The number of esters is 1. The van der Waals surface area contributed by atoms with Gasteiger partial charge < -0.3 is 14.5 Å². The van der Waals surface area contributed by atoms with Gasteiger partial charge in [-0.3, -0.25) is 14.4 Å². The highest BCUT2D eigenvalue weighted by molar-refractivity contribution is 7.17. The van der Waals surface area contributed by atoms with E-state index < -0.39 is 5.54 Å². The summed E-state index contributed by atoms with van der Waals surface area (Å²) in [7, 11) is 0. The zero-order valence-electron chi connectivity index (χ0n) is 20.0. The number of fused-ring (bicyclic) bond motifs is 1. The first-order valence-electron chi connectivity index (χ1n) is 11.8. The molecule has 1 aromatic heterocycles. The summed E-state index contributed by atoms with van der Waals surface area (Å²) in [6.45, 7) is 5.23. The van der Waals surface area contributed by atoms with Crippen molar-refractivity contribution in [2.45, 2.75) is 45.2 Å². The van der Waals surface area contributed by atoms with E-state index in [0.29, 0.717) is 49.7 Å². The minimum atomic E-state index is -0.934. The van der Waals surface area contributed by atoms with Crippen LogP contribution in [0.1, 0.15) is 49.0 Å². The number of nitrogens with zero attached hydrogens (tertiary/aromatic N) is 2. The van der Waals surface area contributed by atoms with Gasteiger partial charge in [-0.2, -0.15) is 0 Å². The van der Waals surface area contributed by atoms with Gasteiger partial charge in [-0.25, -0.2) is 0 Å². The van der Waals surface area contributed by atoms with Crippen molar-refractivity contribution in [1.29, 1.82) is 0 Å². The molecular weight excluding hydrogens is 484 g/mol. The first-order valence-corrected chi connectivity index (χ1v) is 13.1. The van der Waals surface area contributed by atoms with E-state index in [2.05, 4.69) is 0 Å². The van der Waals surface area contributed by atoms with Crippen LogP contribution in [0, 0.1) is 0 Å². The number of rotatable bonds is 9. The fourth-order valence-electron chi connectivity index (χ4n) is 4.45. The summed E-state index contributed by atoms with van der Waals surface area (Å²) in [6.07, 6.45) is 1.31. The third-order valence-electron chi connectivity index (χ3n) is 6.52. The average Bonchev–Trinajstić information content (AvgIpc) is 3.27. The molecule has 1 aliphatic rings. The molecule has 1 aliphatic heterocycles. The van der Waals surface area contributed by atoms with Gasteiger partial charge in [-0.15, -0.1) is 11.3 Å². The van der Waals surface area contributed by atoms with Crippen molar-refractivity contribution < 1.29 is 19.1 Å². The molecule has 2 amide bonds. The van der Waals surface area contributed by atoms with Crippen LogP contribution in [0.25, 0.3) is 10.1 Å². The maximum absolute atomic E-state index is 13.9. The van der Waals surface area contributed by atoms with Crippen LogP contribution in [0.5, 0.6) is 0 Å². The van der Waals surface area contributed by atoms with Gasteiger partial charge in [0.25, 0.3) is 5.91 Å². The molecular formula is C27H29ClN2O4S. The van der Waals surface area contributed by atoms with E-state index in [9.17, 15) is 14.4 Å². The molecule has 1 saturated heterocycles. The Hall–Kier alpha value is -2.90. The second-order valence-electron chi connectivity index (χ2n) is 8.89. The fourth-order valence-corrected chi connectivity index (χ4v) is 5.51. The number of likely N-dealkylation sites (tertiary alicyclic amines) is 1. The predicted octanol–water partition coefficient (Wildman–Crippen LogP) is 5.53. The highest BCUT2D eigenvalue weighted by Crippen LogP contribution is 2.37. The number of ether oxygens (including phenoxy) is 1. The van der Waals surface area contributed by atoms with Crippen molar-refractivity contribution in [3.63, 3.8) is 0 Å². The van der Waals surface area contributed by atoms with Gasteiger partial charge in [-0.05, 0) is 50.5 Å². The van der Waals surface area contributed by atoms with Gasteiger partial charge in [0.1, 0.15) is 5.54 Å². The smallest absolute Gasteiger partial charge is 0.305 e. The third-order valence-corrected chi connectivity index (χ3v) is 7.74. The maximum atomic E-state index is 13.9. The van der Waals surface area contributed by atoms with Gasteiger partial charge in [0.15, 0.2) is 0 Å². The first-order chi connectivity index (χ1) is 16.8. The number of hydrogen-bond acceptors (Lipinski definition) is 5. The molecule has 2 heterocycles. The number of carbonyl (C=O) groups excluding carboxylic acids is 3. The minimum Gasteiger partial charge on any atom is -0.466 e. The number of amides is 2. The molecule has 1 fully saturated rings. The monoisotopic (exact) mass is 512 g/mol. The van der Waals surface area contributed by atoms with E-state index in [1.54, 1.807) is 28.9 Å². The Balaban J connectivity index is 1.53. The number of hydrogen-bond donors (Lipinski definition) is 0. The summed E-state index contributed by atoms with van der Waals surface area (Å²) in [5.74, 6) is -0.514. The Labute approximate surface area is 214 Å². The van der Waals surface area contributed by atoms with E-state index in [4.69, 9.17) is 16.3 Å². The Morgan fingerprint density at radius 1 is 1.14 bits per heavy atom. The largest absolute Gasteiger partial charge is 0.466 e. The molecule has 184 valence electrons. The lowest BCUT2D eigenvalue weighted by atomic mass is 9.84. The van der Waals surface area contributed by atoms with Crippen LogP contribution in [0.3, 0.4) is 0 Å². The number of halogens is 1. The lowest BCUT2D eigenvalue weighted by Crippen LogP contribution is -2.67. The molecule has 0 bridgehead atoms. The topological polar surface area (TPSA) is 66.9 Å². The van der Waals surface area contributed by atoms with Gasteiger partial charge in [0.2, 0.25) is 5.91 Å². The molecule has 4 rings (SSSR count). The second-order valence-corrected chi connectivity index (χ2v) is 10.2. The molecule has 1 atom stereocenters. The van der Waals surface area contributed by atoms with Gasteiger partial charge in [-0.1, -0.05) is 41.9 Å². The summed E-state index contributed by atoms with van der Waals surface area (Å²) in [5, 5.41) is 3.41. The van der Waals surface area contributed by atoms with Crippen molar-refractivity contribution >= 4 is 50.8 Å². The summed E-state index contributed by atoms with van der Waals surface area (Å²) in [5.41, 5.74) is 0.635. The van der Waals surface area contributed by atoms with Crippen molar-refractivity contribution in [1.82, 2.24) is 9.80 Å². The molecule has 0 radical (unpaired) electrons. The highest BCUT2D eigenvalue weighted by atomic mass is 35.5. The van der Waals surface area contributed by atoms with E-state index in [1.165, 1.54) is 11.3 Å². The van der Waals surface area contributed by atoms with E-state index in [1.807, 2.05) is 48.7 Å². The first kappa shape index (κ1) is 25.2. The van der Waals surface area contributed by atoms with Gasteiger partial charge >= 0.3 is 5.97 Å². The molecule has 0 saturated carbocycles. The predicted molar refractivity (Wildman–Crippen MR) is 139 cm³/mol. The SMILES string of the molecule is CCOC(=O)CCCN(Cc1ccc(Cl)cc1)C(=O)C1(C)CCN1C(=O)c1csc2ccccc12. The molecule has 8 heteroatoms. The van der Waals surface area contributed by atoms with Crippen LogP contribution < -0.4 is 0 Å².